The molecule has 0 radical (unpaired) electrons. The number of esters is 6. The normalized spacial score (nSPS) is 16.8. The molecule has 2 aliphatic rings. The third-order valence-electron chi connectivity index (χ3n) is 14.3. The highest BCUT2D eigenvalue weighted by molar-refractivity contribution is 7.22. The lowest BCUT2D eigenvalue weighted by Crippen LogP contribution is -2.31. The van der Waals surface area contributed by atoms with Crippen LogP contribution >= 0.6 is 11.3 Å². The van der Waals surface area contributed by atoms with Crippen LogP contribution in [0.5, 0.6) is 34.5 Å². The first kappa shape index (κ1) is 60.7. The Kier molecular flexibility index (Phi) is 22.8. The van der Waals surface area contributed by atoms with E-state index in [9.17, 15) is 28.8 Å². The van der Waals surface area contributed by atoms with Gasteiger partial charge in [0.05, 0.1) is 66.5 Å². The van der Waals surface area contributed by atoms with Crippen LogP contribution in [0.1, 0.15) is 89.0 Å². The number of carbonyl (C=O) groups is 6. The molecule has 0 amide bonds. The number of thiazole rings is 1. The lowest BCUT2D eigenvalue weighted by molar-refractivity contribution is -0.145. The minimum atomic E-state index is -0.504. The summed E-state index contributed by atoms with van der Waals surface area (Å²) >= 11 is 1.47. The van der Waals surface area contributed by atoms with Gasteiger partial charge < -0.3 is 42.6 Å². The number of para-hydroxylation sites is 1. The average Bonchev–Trinajstić information content (AvgIpc) is 4.14. The van der Waals surface area contributed by atoms with Crippen LogP contribution in [-0.4, -0.2) is 93.7 Å². The van der Waals surface area contributed by atoms with Crippen molar-refractivity contribution in [3.05, 3.63) is 134 Å². The Morgan fingerprint density at radius 1 is 0.542 bits per heavy atom. The minimum absolute atomic E-state index is 0.243. The van der Waals surface area contributed by atoms with Crippen molar-refractivity contribution in [3.63, 3.8) is 0 Å². The summed E-state index contributed by atoms with van der Waals surface area (Å²) in [6.07, 6.45) is 11.2. The molecule has 19 heteroatoms. The summed E-state index contributed by atoms with van der Waals surface area (Å²) in [7, 11) is 1.77. The zero-order valence-electron chi connectivity index (χ0n) is 46.6. The fourth-order valence-corrected chi connectivity index (χ4v) is 10.5. The van der Waals surface area contributed by atoms with Gasteiger partial charge >= 0.3 is 35.8 Å². The number of hydrogen-bond donors (Lipinski definition) is 0. The Labute approximate surface area is 486 Å². The number of hydrogen-bond acceptors (Lipinski definition) is 19. The summed E-state index contributed by atoms with van der Waals surface area (Å²) in [5.41, 5.74) is 1.22. The summed E-state index contributed by atoms with van der Waals surface area (Å²) in [4.78, 5) is 81.9. The van der Waals surface area contributed by atoms with Crippen molar-refractivity contribution in [3.8, 4) is 34.5 Å². The van der Waals surface area contributed by atoms with Crippen molar-refractivity contribution < 1.29 is 71.4 Å². The second-order valence-electron chi connectivity index (χ2n) is 20.1. The smallest absolute Gasteiger partial charge is 0.330 e. The van der Waals surface area contributed by atoms with Gasteiger partial charge in [0, 0.05) is 48.6 Å². The van der Waals surface area contributed by atoms with E-state index in [-0.39, 0.29) is 30.0 Å². The molecule has 0 atom stereocenters. The van der Waals surface area contributed by atoms with Gasteiger partial charge in [-0.05, 0) is 144 Å². The van der Waals surface area contributed by atoms with Gasteiger partial charge in [-0.2, -0.15) is 5.10 Å². The molecular weight excluding hydrogens is 1080 g/mol. The van der Waals surface area contributed by atoms with Crippen molar-refractivity contribution in [1.29, 1.82) is 0 Å². The number of aromatic nitrogens is 1. The van der Waals surface area contributed by atoms with Crippen LogP contribution < -0.4 is 33.4 Å². The lowest BCUT2D eigenvalue weighted by atomic mass is 9.82. The standard InChI is InChI=1S/C64H69N3O15S/c1-4-57(68)77-37-13-7-6-12-36-75-48-27-31-50(32-28-48)79-60(70)43-19-23-45(24-20-43)62(72)81-55-41-47(42-65-67(3)64-66-54-17-10-11-18-56(54)83-64)59(53-16-9-8-15-52(53)55)82-63(73)46-25-21-44(22-26-46)61(71)80-51-33-29-49(30-34-51)76-40-39-74-35-14-38-78-58(69)5-2/h4-5,8-11,15-18,27-34,41-46H,1-2,6-7,12-14,19-26,35-40H2,3H3/b65-42+. The van der Waals surface area contributed by atoms with Crippen molar-refractivity contribution in [2.45, 2.75) is 83.5 Å². The van der Waals surface area contributed by atoms with Crippen LogP contribution in [0.15, 0.2) is 134 Å². The molecule has 2 fully saturated rings. The van der Waals surface area contributed by atoms with Crippen molar-refractivity contribution in [2.24, 2.45) is 28.8 Å². The van der Waals surface area contributed by atoms with Gasteiger partial charge in [0.1, 0.15) is 41.1 Å². The maximum absolute atomic E-state index is 14.2. The number of benzene rings is 5. The molecule has 83 heavy (non-hydrogen) atoms. The van der Waals surface area contributed by atoms with Gasteiger partial charge in [-0.1, -0.05) is 60.9 Å². The number of unbranched alkanes of at least 4 members (excludes halogenated alkanes) is 3. The van der Waals surface area contributed by atoms with E-state index in [1.165, 1.54) is 11.3 Å². The number of ether oxygens (including phenoxy) is 9. The first-order chi connectivity index (χ1) is 40.4. The van der Waals surface area contributed by atoms with Crippen molar-refractivity contribution in [1.82, 2.24) is 4.98 Å². The Bertz CT molecular complexity index is 3180. The molecule has 0 saturated heterocycles. The first-order valence-corrected chi connectivity index (χ1v) is 28.9. The summed E-state index contributed by atoms with van der Waals surface area (Å²) in [6, 6.07) is 30.3. The van der Waals surface area contributed by atoms with Crippen LogP contribution in [-0.2, 0) is 43.0 Å². The first-order valence-electron chi connectivity index (χ1n) is 28.1. The molecule has 1 heterocycles. The molecule has 5 aromatic carbocycles. The van der Waals surface area contributed by atoms with E-state index in [1.807, 2.05) is 36.4 Å². The molecule has 0 N–H and O–H groups in total. The highest BCUT2D eigenvalue weighted by atomic mass is 32.1. The van der Waals surface area contributed by atoms with Gasteiger partial charge in [0.2, 0.25) is 5.13 Å². The summed E-state index contributed by atoms with van der Waals surface area (Å²) in [5, 5.41) is 8.08. The third-order valence-corrected chi connectivity index (χ3v) is 15.4. The maximum atomic E-state index is 14.2. The van der Waals surface area contributed by atoms with Gasteiger partial charge in [-0.3, -0.25) is 19.2 Å². The lowest BCUT2D eigenvalue weighted by Gasteiger charge is -2.27. The van der Waals surface area contributed by atoms with Gasteiger partial charge in [0.15, 0.2) is 0 Å². The number of fused-ring (bicyclic) bond motifs is 2. The second kappa shape index (κ2) is 31.1. The Hall–Kier alpha value is -8.42. The topological polar surface area (TPSA) is 214 Å². The quantitative estimate of drug-likeness (QED) is 0.0107. The van der Waals surface area contributed by atoms with Crippen LogP contribution in [0.4, 0.5) is 5.13 Å². The zero-order valence-corrected chi connectivity index (χ0v) is 47.4. The van der Waals surface area contributed by atoms with Crippen LogP contribution in [0, 0.1) is 23.7 Å². The van der Waals surface area contributed by atoms with Crippen LogP contribution in [0.3, 0.4) is 0 Å². The van der Waals surface area contributed by atoms with E-state index in [0.717, 1.165) is 48.1 Å². The molecular formula is C64H69N3O15S. The summed E-state index contributed by atoms with van der Waals surface area (Å²) in [6.45, 7) is 8.95. The molecule has 0 spiro atoms. The van der Waals surface area contributed by atoms with Crippen LogP contribution in [0.2, 0.25) is 0 Å². The maximum Gasteiger partial charge on any atom is 0.330 e. The Morgan fingerprint density at radius 2 is 1.02 bits per heavy atom. The average molecular weight is 1150 g/mol. The molecule has 1 aromatic heterocycles. The zero-order chi connectivity index (χ0) is 58.3. The molecule has 0 unspecified atom stereocenters. The molecule has 0 aliphatic heterocycles. The summed E-state index contributed by atoms with van der Waals surface area (Å²) < 4.78 is 52.1. The second-order valence-corrected chi connectivity index (χ2v) is 21.1. The van der Waals surface area contributed by atoms with E-state index in [0.29, 0.717) is 135 Å². The van der Waals surface area contributed by atoms with Gasteiger partial charge in [0.25, 0.3) is 0 Å². The molecule has 6 aromatic rings. The molecule has 436 valence electrons. The van der Waals surface area contributed by atoms with Gasteiger partial charge in [-0.15, -0.1) is 0 Å². The van der Waals surface area contributed by atoms with Crippen LogP contribution in [0.25, 0.3) is 21.0 Å². The number of anilines is 1. The molecule has 8 rings (SSSR count). The minimum Gasteiger partial charge on any atom is -0.494 e. The van der Waals surface area contributed by atoms with E-state index < -0.39 is 47.5 Å². The van der Waals surface area contributed by atoms with Crippen molar-refractivity contribution in [2.75, 3.05) is 51.7 Å². The highest BCUT2D eigenvalue weighted by Gasteiger charge is 2.35. The predicted octanol–water partition coefficient (Wildman–Crippen LogP) is 11.7. The van der Waals surface area contributed by atoms with E-state index in [1.54, 1.807) is 85.0 Å². The Morgan fingerprint density at radius 3 is 1.59 bits per heavy atom. The SMILES string of the molecule is C=CC(=O)OCCCCCCOc1ccc(OC(=O)C2CCC(C(=O)Oc3cc(/C=N/N(C)c4nc5ccccc5s4)c(OC(=O)C4CCC(C(=O)Oc5ccc(OCCOCCCOC(=O)C=C)cc5)CC4)c4ccccc34)CC2)cc1. The molecule has 18 nitrogen and oxygen atoms in total. The fourth-order valence-electron chi connectivity index (χ4n) is 9.63. The number of hydrazone groups is 1. The Balaban J connectivity index is 0.848. The molecule has 0 bridgehead atoms. The largest absolute Gasteiger partial charge is 0.494 e. The van der Waals surface area contributed by atoms with Crippen molar-refractivity contribution >= 4 is 79.5 Å². The van der Waals surface area contributed by atoms with E-state index in [4.69, 9.17) is 52.7 Å². The predicted molar refractivity (Wildman–Crippen MR) is 313 cm³/mol. The third kappa shape index (κ3) is 18.0. The summed E-state index contributed by atoms with van der Waals surface area (Å²) in [5.74, 6) is -1.80. The molecule has 2 aliphatic carbocycles. The number of nitrogens with zero attached hydrogens (tertiary/aromatic N) is 3. The van der Waals surface area contributed by atoms with E-state index >= 15 is 0 Å². The number of carbonyl (C=O) groups excluding carboxylic acids is 6. The molecule has 2 saturated carbocycles. The fraction of sp³-hybridized carbons (Fsp3) is 0.375. The van der Waals surface area contributed by atoms with Gasteiger partial charge in [-0.25, -0.2) is 19.6 Å². The number of rotatable bonds is 29. The monoisotopic (exact) mass is 1150 g/mol. The van der Waals surface area contributed by atoms with E-state index in [2.05, 4.69) is 13.2 Å². The highest BCUT2D eigenvalue weighted by Crippen LogP contribution is 2.40.